The first kappa shape index (κ1) is 15.8. The summed E-state index contributed by atoms with van der Waals surface area (Å²) in [6.07, 6.45) is -3.23. The summed E-state index contributed by atoms with van der Waals surface area (Å²) >= 11 is 0. The van der Waals surface area contributed by atoms with E-state index in [1.807, 2.05) is 30.3 Å². The van der Waals surface area contributed by atoms with Crippen molar-refractivity contribution in [1.29, 1.82) is 0 Å². The number of benzene rings is 2. The van der Waals surface area contributed by atoms with Crippen molar-refractivity contribution in [3.05, 3.63) is 60.4 Å². The van der Waals surface area contributed by atoms with Crippen LogP contribution in [0.3, 0.4) is 0 Å². The fourth-order valence-electron chi connectivity index (χ4n) is 2.45. The third-order valence-electron chi connectivity index (χ3n) is 3.43. The maximum absolute atomic E-state index is 12.7. The molecule has 4 rings (SSSR count). The molecule has 0 N–H and O–H groups in total. The van der Waals surface area contributed by atoms with Crippen LogP contribution in [0.1, 0.15) is 5.69 Å². The molecule has 0 amide bonds. The maximum atomic E-state index is 12.7. The third kappa shape index (κ3) is 2.56. The normalized spacial score (nSPS) is 11.8. The molecule has 119 valence electrons. The summed E-state index contributed by atoms with van der Waals surface area (Å²) in [6, 6.07) is 14.7. The van der Waals surface area contributed by atoms with E-state index < -0.39 is 11.9 Å². The number of hydrogen-bond acceptors (Lipinski definition) is 2. The Hall–Kier alpha value is -2.11. The number of para-hydroxylation sites is 1. The molecule has 0 spiro atoms. The molecule has 0 unspecified atom stereocenters. The van der Waals surface area contributed by atoms with Gasteiger partial charge in [0, 0.05) is 37.3 Å². The minimum Gasteiger partial charge on any atom is -0.513 e. The second kappa shape index (κ2) is 5.51. The van der Waals surface area contributed by atoms with Gasteiger partial charge in [-0.15, -0.1) is 0 Å². The van der Waals surface area contributed by atoms with E-state index >= 15 is 0 Å². The summed E-state index contributed by atoms with van der Waals surface area (Å²) in [7, 11) is 0. The minimum absolute atomic E-state index is 0. The molecular weight excluding hydrogens is 485 g/mol. The molecule has 2 aromatic carbocycles. The van der Waals surface area contributed by atoms with Crippen molar-refractivity contribution in [2.75, 3.05) is 0 Å². The molecule has 1 radical (unpaired) electrons. The van der Waals surface area contributed by atoms with E-state index in [1.54, 1.807) is 6.07 Å². The van der Waals surface area contributed by atoms with Gasteiger partial charge >= 0.3 is 6.18 Å². The Morgan fingerprint density at radius 1 is 1.04 bits per heavy atom. The Morgan fingerprint density at radius 2 is 1.83 bits per heavy atom. The van der Waals surface area contributed by atoms with Crippen molar-refractivity contribution in [3.8, 4) is 5.69 Å². The fraction of sp³-hybridized carbons (Fsp3) is 0.0625. The van der Waals surface area contributed by atoms with Crippen LogP contribution < -0.4 is 0 Å². The Kier molecular flexibility index (Phi) is 3.78. The average molecular weight is 493 g/mol. The largest absolute Gasteiger partial charge is 0.513 e. The molecule has 7 heteroatoms. The molecule has 2 heterocycles. The van der Waals surface area contributed by atoms with Gasteiger partial charge in [0.25, 0.3) is 0 Å². The van der Waals surface area contributed by atoms with Crippen LogP contribution in [0.25, 0.3) is 27.6 Å². The summed E-state index contributed by atoms with van der Waals surface area (Å²) in [5, 5.41) is 5.28. The van der Waals surface area contributed by atoms with E-state index in [0.717, 1.165) is 21.5 Å². The average Bonchev–Trinajstić information content (AvgIpc) is 3.11. The van der Waals surface area contributed by atoms with Gasteiger partial charge in [0.1, 0.15) is 5.58 Å². The molecule has 0 saturated carbocycles. The zero-order valence-electron chi connectivity index (χ0n) is 11.4. The molecule has 0 aliphatic rings. The van der Waals surface area contributed by atoms with Gasteiger partial charge in [-0.1, -0.05) is 23.6 Å². The number of furan rings is 1. The Labute approximate surface area is 142 Å². The van der Waals surface area contributed by atoms with E-state index in [1.165, 1.54) is 6.20 Å². The second-order valence-electron chi connectivity index (χ2n) is 4.81. The van der Waals surface area contributed by atoms with E-state index in [-0.39, 0.29) is 20.1 Å². The summed E-state index contributed by atoms with van der Waals surface area (Å²) in [6.45, 7) is 0. The van der Waals surface area contributed by atoms with Crippen LogP contribution in [0.5, 0.6) is 0 Å². The topological polar surface area (TPSA) is 31.0 Å². The summed E-state index contributed by atoms with van der Waals surface area (Å²) in [5.41, 5.74) is 0.528. The molecule has 0 saturated heterocycles. The van der Waals surface area contributed by atoms with Crippen molar-refractivity contribution in [1.82, 2.24) is 9.78 Å². The van der Waals surface area contributed by atoms with Gasteiger partial charge in [0.15, 0.2) is 5.69 Å². The Bertz CT molecular complexity index is 988. The first-order chi connectivity index (χ1) is 10.5. The van der Waals surface area contributed by atoms with Crippen molar-refractivity contribution in [3.63, 3.8) is 0 Å². The zero-order chi connectivity index (χ0) is 15.3. The first-order valence-corrected chi connectivity index (χ1v) is 6.49. The monoisotopic (exact) mass is 494 g/mol. The van der Waals surface area contributed by atoms with Crippen LogP contribution >= 0.6 is 0 Å². The van der Waals surface area contributed by atoms with Gasteiger partial charge in [-0.3, -0.25) is 4.68 Å². The summed E-state index contributed by atoms with van der Waals surface area (Å²) in [5.74, 6) is 0. The van der Waals surface area contributed by atoms with Gasteiger partial charge in [-0.05, 0) is 17.8 Å². The molecule has 0 fully saturated rings. The van der Waals surface area contributed by atoms with Crippen LogP contribution in [0.2, 0.25) is 0 Å². The van der Waals surface area contributed by atoms with E-state index in [0.29, 0.717) is 16.9 Å². The van der Waals surface area contributed by atoms with Gasteiger partial charge in [-0.2, -0.15) is 36.5 Å². The van der Waals surface area contributed by atoms with E-state index in [9.17, 15) is 13.2 Å². The van der Waals surface area contributed by atoms with Gasteiger partial charge < -0.3 is 4.42 Å². The van der Waals surface area contributed by atoms with Crippen LogP contribution in [0.4, 0.5) is 13.2 Å². The van der Waals surface area contributed by atoms with Crippen LogP contribution in [-0.2, 0) is 26.3 Å². The Balaban J connectivity index is 0.00000156. The minimum atomic E-state index is -4.48. The van der Waals surface area contributed by atoms with Crippen LogP contribution in [0, 0.1) is 6.07 Å². The third-order valence-corrected chi connectivity index (χ3v) is 3.43. The predicted octanol–water partition coefficient (Wildman–Crippen LogP) is 4.59. The molecule has 23 heavy (non-hydrogen) atoms. The van der Waals surface area contributed by atoms with Crippen molar-refractivity contribution >= 4 is 21.9 Å². The number of nitrogens with zero attached hydrogens (tertiary/aromatic N) is 2. The van der Waals surface area contributed by atoms with Crippen molar-refractivity contribution in [2.24, 2.45) is 0 Å². The number of fused-ring (bicyclic) bond motifs is 3. The molecule has 0 bridgehead atoms. The second-order valence-corrected chi connectivity index (χ2v) is 4.81. The smallest absolute Gasteiger partial charge is 0.435 e. The molecule has 4 aromatic rings. The van der Waals surface area contributed by atoms with Gasteiger partial charge in [0.2, 0.25) is 0 Å². The Morgan fingerprint density at radius 3 is 2.57 bits per heavy atom. The molecular formula is C16H8F3IrN2O-. The molecule has 3 nitrogen and oxygen atoms in total. The predicted molar refractivity (Wildman–Crippen MR) is 74.7 cm³/mol. The van der Waals surface area contributed by atoms with Crippen LogP contribution in [-0.4, -0.2) is 9.78 Å². The van der Waals surface area contributed by atoms with Gasteiger partial charge in [-0.25, -0.2) is 0 Å². The standard InChI is InChI=1S/C16H8F3N2O.Ir/c17-16(18,19)14-8-9-21(20-14)12-6-3-5-11-10-4-1-2-7-13(10)22-15(11)12;/h1-5,7-9H;/q-1;. The van der Waals surface area contributed by atoms with Gasteiger partial charge in [0.05, 0.1) is 0 Å². The van der Waals surface area contributed by atoms with E-state index in [4.69, 9.17) is 4.42 Å². The molecule has 0 aliphatic heterocycles. The molecule has 0 atom stereocenters. The number of hydrogen-bond donors (Lipinski definition) is 0. The maximum Gasteiger partial charge on any atom is 0.435 e. The molecule has 0 aliphatic carbocycles. The number of halogens is 3. The fourth-order valence-corrected chi connectivity index (χ4v) is 2.45. The number of aromatic nitrogens is 2. The number of alkyl halides is 3. The first-order valence-electron chi connectivity index (χ1n) is 6.49. The SMILES string of the molecule is FC(F)(F)c1ccn(-c2[c-]ccc3c2oc2ccccc23)n1.[Ir]. The molecule has 2 aromatic heterocycles. The van der Waals surface area contributed by atoms with Crippen LogP contribution in [0.15, 0.2) is 53.1 Å². The van der Waals surface area contributed by atoms with Crippen molar-refractivity contribution < 1.29 is 37.7 Å². The summed E-state index contributed by atoms with van der Waals surface area (Å²) < 4.78 is 45.0. The zero-order valence-corrected chi connectivity index (χ0v) is 13.8. The quantitative estimate of drug-likeness (QED) is 0.364. The summed E-state index contributed by atoms with van der Waals surface area (Å²) in [4.78, 5) is 0. The number of rotatable bonds is 1. The van der Waals surface area contributed by atoms with Crippen molar-refractivity contribution in [2.45, 2.75) is 6.18 Å². The van der Waals surface area contributed by atoms with E-state index in [2.05, 4.69) is 11.2 Å².